The first-order chi connectivity index (χ1) is 29.7. The minimum Gasteiger partial charge on any atom is -0.228 e. The molecule has 0 bridgehead atoms. The van der Waals surface area contributed by atoms with Crippen LogP contribution in [-0.4, -0.2) is 9.97 Å². The number of thiophene rings is 2. The van der Waals surface area contributed by atoms with E-state index in [-0.39, 0.29) is 0 Å². The summed E-state index contributed by atoms with van der Waals surface area (Å²) in [6.07, 6.45) is 0. The highest BCUT2D eigenvalue weighted by molar-refractivity contribution is 7.26. The highest BCUT2D eigenvalue weighted by atomic mass is 32.1. The van der Waals surface area contributed by atoms with E-state index in [0.717, 1.165) is 61.5 Å². The van der Waals surface area contributed by atoms with Crippen molar-refractivity contribution in [2.45, 2.75) is 0 Å². The van der Waals surface area contributed by atoms with E-state index in [1.165, 1.54) is 51.1 Å². The number of rotatable bonds is 6. The summed E-state index contributed by atoms with van der Waals surface area (Å²) in [6.45, 7) is 0. The molecule has 2 nitrogen and oxygen atoms in total. The lowest BCUT2D eigenvalue weighted by Crippen LogP contribution is -2.00. The zero-order valence-electron chi connectivity index (χ0n) is 32.3. The van der Waals surface area contributed by atoms with Gasteiger partial charge in [0.2, 0.25) is 0 Å². The SMILES string of the molecule is c1ccc(-c2cc(-c3ccccc3)c(-c3cccc4ccccc34)c(-c3nc(-c4cccc5c4sc4ccccc45)cc(-c4cccc5c4sc4ccccc45)n3)c2)cc1. The zero-order chi connectivity index (χ0) is 39.6. The zero-order valence-corrected chi connectivity index (χ0v) is 34.0. The summed E-state index contributed by atoms with van der Waals surface area (Å²) in [5.74, 6) is 0.691. The Morgan fingerprint density at radius 1 is 0.300 bits per heavy atom. The Kier molecular flexibility index (Phi) is 8.25. The van der Waals surface area contributed by atoms with Gasteiger partial charge in [-0.15, -0.1) is 22.7 Å². The van der Waals surface area contributed by atoms with Crippen LogP contribution in [0.1, 0.15) is 0 Å². The van der Waals surface area contributed by atoms with Crippen LogP contribution in [0.2, 0.25) is 0 Å². The van der Waals surface area contributed by atoms with Gasteiger partial charge in [0.15, 0.2) is 5.82 Å². The van der Waals surface area contributed by atoms with Gasteiger partial charge in [-0.25, -0.2) is 9.97 Å². The third-order valence-electron chi connectivity index (χ3n) is 11.7. The van der Waals surface area contributed by atoms with Crippen molar-refractivity contribution in [2.75, 3.05) is 0 Å². The molecule has 0 aliphatic rings. The maximum atomic E-state index is 5.68. The molecular weight excluding hydrogens is 765 g/mol. The summed E-state index contributed by atoms with van der Waals surface area (Å²) in [5.41, 5.74) is 11.8. The molecule has 0 aliphatic heterocycles. The van der Waals surface area contributed by atoms with Gasteiger partial charge in [-0.2, -0.15) is 0 Å². The average molecular weight is 799 g/mol. The predicted molar refractivity (Wildman–Crippen MR) is 258 cm³/mol. The van der Waals surface area contributed by atoms with Gasteiger partial charge in [-0.05, 0) is 68.9 Å². The summed E-state index contributed by atoms with van der Waals surface area (Å²) in [4.78, 5) is 11.4. The van der Waals surface area contributed by atoms with E-state index in [4.69, 9.17) is 9.97 Å². The van der Waals surface area contributed by atoms with Crippen molar-refractivity contribution in [2.24, 2.45) is 0 Å². The fraction of sp³-hybridized carbons (Fsp3) is 0. The van der Waals surface area contributed by atoms with Crippen LogP contribution in [0, 0.1) is 0 Å². The van der Waals surface area contributed by atoms with Gasteiger partial charge in [-0.3, -0.25) is 0 Å². The van der Waals surface area contributed by atoms with Crippen molar-refractivity contribution in [3.05, 3.63) is 206 Å². The summed E-state index contributed by atoms with van der Waals surface area (Å²) in [6, 6.07) is 74.4. The number of benzene rings is 9. The van der Waals surface area contributed by atoms with Gasteiger partial charge >= 0.3 is 0 Å². The molecule has 0 saturated heterocycles. The highest BCUT2D eigenvalue weighted by Gasteiger charge is 2.23. The highest BCUT2D eigenvalue weighted by Crippen LogP contribution is 2.47. The molecule has 3 heterocycles. The van der Waals surface area contributed by atoms with Gasteiger partial charge in [0.25, 0.3) is 0 Å². The standard InChI is InChI=1S/C56H34N2S2/c1-3-16-35(17-4-1)38-32-47(37-18-5-2-6-19-37)53(42-25-13-21-36-20-7-8-22-39(36)42)48(33-38)56-57-49(45-28-14-26-43-40-23-9-11-30-51(40)59-54(43)45)34-50(58-56)46-29-15-27-44-41-24-10-12-31-52(41)60-55(44)46/h1-34H. The van der Waals surface area contributed by atoms with Gasteiger partial charge < -0.3 is 0 Å². The summed E-state index contributed by atoms with van der Waals surface area (Å²) in [5, 5.41) is 7.41. The number of aromatic nitrogens is 2. The van der Waals surface area contributed by atoms with E-state index in [0.29, 0.717) is 5.82 Å². The Morgan fingerprint density at radius 3 is 1.40 bits per heavy atom. The molecule has 0 atom stereocenters. The molecule has 9 aromatic carbocycles. The van der Waals surface area contributed by atoms with Crippen LogP contribution in [-0.2, 0) is 0 Å². The molecule has 0 fully saturated rings. The normalized spacial score (nSPS) is 11.7. The second-order valence-electron chi connectivity index (χ2n) is 15.2. The van der Waals surface area contributed by atoms with Gasteiger partial charge in [0, 0.05) is 62.6 Å². The predicted octanol–water partition coefficient (Wildman–Crippen LogP) is 16.4. The quantitative estimate of drug-likeness (QED) is 0.167. The van der Waals surface area contributed by atoms with Crippen molar-refractivity contribution in [3.63, 3.8) is 0 Å². The minimum absolute atomic E-state index is 0.691. The van der Waals surface area contributed by atoms with Crippen molar-refractivity contribution >= 4 is 73.8 Å². The minimum atomic E-state index is 0.691. The molecular formula is C56H34N2S2. The molecule has 0 N–H and O–H groups in total. The van der Waals surface area contributed by atoms with Crippen molar-refractivity contribution < 1.29 is 0 Å². The second-order valence-corrected chi connectivity index (χ2v) is 17.3. The first-order valence-electron chi connectivity index (χ1n) is 20.2. The van der Waals surface area contributed by atoms with Crippen LogP contribution in [0.4, 0.5) is 0 Å². The Morgan fingerprint density at radius 2 is 0.767 bits per heavy atom. The van der Waals surface area contributed by atoms with Crippen LogP contribution in [0.5, 0.6) is 0 Å². The van der Waals surface area contributed by atoms with Crippen LogP contribution < -0.4 is 0 Å². The Bertz CT molecular complexity index is 3460. The topological polar surface area (TPSA) is 25.8 Å². The largest absolute Gasteiger partial charge is 0.228 e. The first-order valence-corrected chi connectivity index (χ1v) is 21.9. The van der Waals surface area contributed by atoms with Crippen LogP contribution in [0.15, 0.2) is 206 Å². The van der Waals surface area contributed by atoms with E-state index < -0.39 is 0 Å². The van der Waals surface area contributed by atoms with E-state index >= 15 is 0 Å². The molecule has 12 aromatic rings. The number of nitrogens with zero attached hydrogens (tertiary/aromatic N) is 2. The molecule has 3 aromatic heterocycles. The van der Waals surface area contributed by atoms with Crippen molar-refractivity contribution in [1.82, 2.24) is 9.97 Å². The summed E-state index contributed by atoms with van der Waals surface area (Å²) < 4.78 is 5.00. The van der Waals surface area contributed by atoms with Crippen LogP contribution >= 0.6 is 22.7 Å². The monoisotopic (exact) mass is 798 g/mol. The van der Waals surface area contributed by atoms with E-state index in [2.05, 4.69) is 206 Å². The number of hydrogen-bond donors (Lipinski definition) is 0. The smallest absolute Gasteiger partial charge is 0.161 e. The first kappa shape index (κ1) is 34.8. The third-order valence-corrected chi connectivity index (χ3v) is 14.2. The molecule has 60 heavy (non-hydrogen) atoms. The van der Waals surface area contributed by atoms with Gasteiger partial charge in [-0.1, -0.05) is 176 Å². The van der Waals surface area contributed by atoms with E-state index in [1.54, 1.807) is 0 Å². The maximum absolute atomic E-state index is 5.68. The lowest BCUT2D eigenvalue weighted by atomic mass is 9.85. The molecule has 0 unspecified atom stereocenters. The molecule has 280 valence electrons. The Labute approximate surface area is 355 Å². The van der Waals surface area contributed by atoms with Crippen LogP contribution in [0.3, 0.4) is 0 Å². The van der Waals surface area contributed by atoms with Gasteiger partial charge in [0.1, 0.15) is 0 Å². The molecule has 4 heteroatoms. The fourth-order valence-corrected chi connectivity index (χ4v) is 11.4. The summed E-state index contributed by atoms with van der Waals surface area (Å²) >= 11 is 3.67. The van der Waals surface area contributed by atoms with E-state index in [9.17, 15) is 0 Å². The third kappa shape index (κ3) is 5.76. The van der Waals surface area contributed by atoms with E-state index in [1.807, 2.05) is 22.7 Å². The Balaban J connectivity index is 1.22. The molecule has 12 rings (SSSR count). The molecule has 0 amide bonds. The molecule has 0 radical (unpaired) electrons. The van der Waals surface area contributed by atoms with Crippen molar-refractivity contribution in [3.8, 4) is 67.3 Å². The average Bonchev–Trinajstić information content (AvgIpc) is 3.90. The lowest BCUT2D eigenvalue weighted by Gasteiger charge is -2.20. The second kappa shape index (κ2) is 14.2. The number of hydrogen-bond acceptors (Lipinski definition) is 4. The number of fused-ring (bicyclic) bond motifs is 7. The molecule has 0 saturated carbocycles. The lowest BCUT2D eigenvalue weighted by molar-refractivity contribution is 1.19. The maximum Gasteiger partial charge on any atom is 0.161 e. The molecule has 0 aliphatic carbocycles. The van der Waals surface area contributed by atoms with Crippen molar-refractivity contribution in [1.29, 1.82) is 0 Å². The Hall–Kier alpha value is -7.24. The van der Waals surface area contributed by atoms with Gasteiger partial charge in [0.05, 0.1) is 11.4 Å². The molecule has 0 spiro atoms. The fourth-order valence-electron chi connectivity index (χ4n) is 8.94. The van der Waals surface area contributed by atoms with Crippen LogP contribution in [0.25, 0.3) is 118 Å². The summed E-state index contributed by atoms with van der Waals surface area (Å²) in [7, 11) is 0.